The van der Waals surface area contributed by atoms with Crippen molar-refractivity contribution in [3.05, 3.63) is 58.7 Å². The lowest BCUT2D eigenvalue weighted by molar-refractivity contribution is 0.232. The predicted molar refractivity (Wildman–Crippen MR) is 74.3 cm³/mol. The molecule has 0 N–H and O–H groups in total. The SMILES string of the molecule is CC(C)Oc1ncc(Cc2ccccc2)cc1Cl. The van der Waals surface area contributed by atoms with E-state index >= 15 is 0 Å². The fourth-order valence-electron chi connectivity index (χ4n) is 1.70. The molecule has 0 spiro atoms. The zero-order chi connectivity index (χ0) is 13.0. The topological polar surface area (TPSA) is 22.1 Å². The first kappa shape index (κ1) is 12.9. The number of benzene rings is 1. The molecular weight excluding hydrogens is 246 g/mol. The highest BCUT2D eigenvalue weighted by molar-refractivity contribution is 6.31. The summed E-state index contributed by atoms with van der Waals surface area (Å²) in [5.41, 5.74) is 2.33. The van der Waals surface area contributed by atoms with Crippen molar-refractivity contribution < 1.29 is 4.74 Å². The Morgan fingerprint density at radius 2 is 1.89 bits per heavy atom. The van der Waals surface area contributed by atoms with Crippen LogP contribution < -0.4 is 4.74 Å². The number of rotatable bonds is 4. The third-order valence-corrected chi connectivity index (χ3v) is 2.73. The van der Waals surface area contributed by atoms with Crippen LogP contribution in [0.5, 0.6) is 5.88 Å². The summed E-state index contributed by atoms with van der Waals surface area (Å²) in [7, 11) is 0. The Balaban J connectivity index is 2.14. The Hall–Kier alpha value is -1.54. The Labute approximate surface area is 113 Å². The molecule has 0 amide bonds. The van der Waals surface area contributed by atoms with E-state index in [-0.39, 0.29) is 6.10 Å². The summed E-state index contributed by atoms with van der Waals surface area (Å²) < 4.78 is 5.51. The molecule has 0 aliphatic rings. The van der Waals surface area contributed by atoms with Gasteiger partial charge in [0.05, 0.1) is 6.10 Å². The molecule has 2 nitrogen and oxygen atoms in total. The first-order valence-electron chi connectivity index (χ1n) is 6.00. The lowest BCUT2D eigenvalue weighted by Crippen LogP contribution is -2.07. The number of halogens is 1. The molecule has 0 aliphatic heterocycles. The molecule has 18 heavy (non-hydrogen) atoms. The van der Waals surface area contributed by atoms with E-state index in [4.69, 9.17) is 16.3 Å². The second-order valence-electron chi connectivity index (χ2n) is 4.46. The van der Waals surface area contributed by atoms with Crippen LogP contribution in [0.3, 0.4) is 0 Å². The zero-order valence-electron chi connectivity index (χ0n) is 10.6. The van der Waals surface area contributed by atoms with Gasteiger partial charge < -0.3 is 4.74 Å². The van der Waals surface area contributed by atoms with E-state index in [0.717, 1.165) is 12.0 Å². The van der Waals surface area contributed by atoms with Gasteiger partial charge in [0.15, 0.2) is 0 Å². The summed E-state index contributed by atoms with van der Waals surface area (Å²) in [6, 6.07) is 12.2. The minimum absolute atomic E-state index is 0.0787. The van der Waals surface area contributed by atoms with Crippen molar-refractivity contribution in [3.63, 3.8) is 0 Å². The molecule has 0 bridgehead atoms. The molecule has 2 aromatic rings. The molecule has 1 heterocycles. The summed E-state index contributed by atoms with van der Waals surface area (Å²) >= 11 is 6.15. The monoisotopic (exact) mass is 261 g/mol. The Kier molecular flexibility index (Phi) is 4.21. The second kappa shape index (κ2) is 5.87. The highest BCUT2D eigenvalue weighted by Gasteiger charge is 2.07. The molecule has 1 aromatic carbocycles. The van der Waals surface area contributed by atoms with E-state index in [1.165, 1.54) is 5.56 Å². The lowest BCUT2D eigenvalue weighted by Gasteiger charge is -2.11. The Morgan fingerprint density at radius 3 is 2.50 bits per heavy atom. The quantitative estimate of drug-likeness (QED) is 0.826. The lowest BCUT2D eigenvalue weighted by atomic mass is 10.1. The van der Waals surface area contributed by atoms with E-state index in [0.29, 0.717) is 10.9 Å². The Morgan fingerprint density at radius 1 is 1.17 bits per heavy atom. The van der Waals surface area contributed by atoms with Gasteiger partial charge in [0.1, 0.15) is 5.02 Å². The van der Waals surface area contributed by atoms with Gasteiger partial charge in [0.2, 0.25) is 5.88 Å². The van der Waals surface area contributed by atoms with Crippen LogP contribution >= 0.6 is 11.6 Å². The van der Waals surface area contributed by atoms with Gasteiger partial charge in [0.25, 0.3) is 0 Å². The van der Waals surface area contributed by atoms with Gasteiger partial charge in [-0.1, -0.05) is 41.9 Å². The number of aromatic nitrogens is 1. The number of nitrogens with zero attached hydrogens (tertiary/aromatic N) is 1. The largest absolute Gasteiger partial charge is 0.474 e. The molecule has 2 rings (SSSR count). The standard InChI is InChI=1S/C15H16ClNO/c1-11(2)18-15-14(16)9-13(10-17-15)8-12-6-4-3-5-7-12/h3-7,9-11H,8H2,1-2H3. The highest BCUT2D eigenvalue weighted by Crippen LogP contribution is 2.24. The molecule has 0 saturated heterocycles. The van der Waals surface area contributed by atoms with Crippen LogP contribution in [0.15, 0.2) is 42.6 Å². The third-order valence-electron chi connectivity index (χ3n) is 2.46. The van der Waals surface area contributed by atoms with E-state index in [9.17, 15) is 0 Å². The van der Waals surface area contributed by atoms with Crippen molar-refractivity contribution in [1.82, 2.24) is 4.98 Å². The summed E-state index contributed by atoms with van der Waals surface area (Å²) in [4.78, 5) is 4.26. The third kappa shape index (κ3) is 3.47. The summed E-state index contributed by atoms with van der Waals surface area (Å²) in [5, 5.41) is 0.567. The molecule has 0 radical (unpaired) electrons. The van der Waals surface area contributed by atoms with Crippen LogP contribution in [0, 0.1) is 0 Å². The normalized spacial score (nSPS) is 10.7. The predicted octanol–water partition coefficient (Wildman–Crippen LogP) is 4.11. The van der Waals surface area contributed by atoms with Gasteiger partial charge in [-0.3, -0.25) is 0 Å². The van der Waals surface area contributed by atoms with Crippen LogP contribution in [0.25, 0.3) is 0 Å². The van der Waals surface area contributed by atoms with Gasteiger partial charge in [-0.25, -0.2) is 4.98 Å². The van der Waals surface area contributed by atoms with Crippen molar-refractivity contribution in [2.24, 2.45) is 0 Å². The van der Waals surface area contributed by atoms with Crippen LogP contribution in [-0.2, 0) is 6.42 Å². The van der Waals surface area contributed by atoms with Crippen LogP contribution in [0.1, 0.15) is 25.0 Å². The van der Waals surface area contributed by atoms with E-state index < -0.39 is 0 Å². The number of hydrogen-bond donors (Lipinski definition) is 0. The number of hydrogen-bond acceptors (Lipinski definition) is 2. The summed E-state index contributed by atoms with van der Waals surface area (Å²) in [6.07, 6.45) is 2.72. The van der Waals surface area contributed by atoms with Gasteiger partial charge >= 0.3 is 0 Å². The molecular formula is C15H16ClNO. The van der Waals surface area contributed by atoms with Crippen LogP contribution in [-0.4, -0.2) is 11.1 Å². The zero-order valence-corrected chi connectivity index (χ0v) is 11.3. The minimum atomic E-state index is 0.0787. The van der Waals surface area contributed by atoms with Gasteiger partial charge in [0, 0.05) is 6.20 Å². The maximum Gasteiger partial charge on any atom is 0.232 e. The van der Waals surface area contributed by atoms with Crippen LogP contribution in [0.4, 0.5) is 0 Å². The van der Waals surface area contributed by atoms with E-state index in [1.54, 1.807) is 0 Å². The first-order chi connectivity index (χ1) is 8.65. The van der Waals surface area contributed by atoms with Crippen molar-refractivity contribution >= 4 is 11.6 Å². The van der Waals surface area contributed by atoms with Gasteiger partial charge in [-0.2, -0.15) is 0 Å². The molecule has 0 fully saturated rings. The number of pyridine rings is 1. The summed E-state index contributed by atoms with van der Waals surface area (Å²) in [5.74, 6) is 0.503. The van der Waals surface area contributed by atoms with Crippen molar-refractivity contribution in [2.75, 3.05) is 0 Å². The molecule has 94 valence electrons. The van der Waals surface area contributed by atoms with E-state index in [2.05, 4.69) is 17.1 Å². The molecule has 1 aromatic heterocycles. The second-order valence-corrected chi connectivity index (χ2v) is 4.87. The average Bonchev–Trinajstić information content (AvgIpc) is 2.33. The molecule has 0 aliphatic carbocycles. The van der Waals surface area contributed by atoms with Crippen molar-refractivity contribution in [1.29, 1.82) is 0 Å². The molecule has 3 heteroatoms. The van der Waals surface area contributed by atoms with E-state index in [1.807, 2.05) is 44.3 Å². The van der Waals surface area contributed by atoms with Crippen LogP contribution in [0.2, 0.25) is 5.02 Å². The van der Waals surface area contributed by atoms with Gasteiger partial charge in [-0.05, 0) is 37.5 Å². The number of ether oxygens (including phenoxy) is 1. The maximum atomic E-state index is 6.15. The van der Waals surface area contributed by atoms with Crippen molar-refractivity contribution in [3.8, 4) is 5.88 Å². The van der Waals surface area contributed by atoms with Gasteiger partial charge in [-0.15, -0.1) is 0 Å². The maximum absolute atomic E-state index is 6.15. The molecule has 0 saturated carbocycles. The molecule has 0 atom stereocenters. The fourth-order valence-corrected chi connectivity index (χ4v) is 1.94. The highest BCUT2D eigenvalue weighted by atomic mass is 35.5. The van der Waals surface area contributed by atoms with Crippen molar-refractivity contribution in [2.45, 2.75) is 26.4 Å². The Bertz CT molecular complexity index is 511. The fraction of sp³-hybridized carbons (Fsp3) is 0.267. The summed E-state index contributed by atoms with van der Waals surface area (Å²) in [6.45, 7) is 3.91. The first-order valence-corrected chi connectivity index (χ1v) is 6.38. The molecule has 0 unspecified atom stereocenters. The minimum Gasteiger partial charge on any atom is -0.474 e. The average molecular weight is 262 g/mol. The smallest absolute Gasteiger partial charge is 0.232 e.